The van der Waals surface area contributed by atoms with Gasteiger partial charge in [0.2, 0.25) is 0 Å². The number of hydrogen-bond acceptors (Lipinski definition) is 5. The fraction of sp³-hybridized carbons (Fsp3) is 0.667. The van der Waals surface area contributed by atoms with Gasteiger partial charge in [0.15, 0.2) is 0 Å². The molecule has 1 aliphatic heterocycles. The fourth-order valence-electron chi connectivity index (χ4n) is 2.93. The Bertz CT molecular complexity index is 445. The van der Waals surface area contributed by atoms with Crippen molar-refractivity contribution in [2.45, 2.75) is 39.3 Å². The SMILES string of the molecule is CCC[C@@H](c1c(CO)cnc(C)c1O)N1CCNCC1. The number of aliphatic hydroxyl groups excluding tert-OH is 1. The summed E-state index contributed by atoms with van der Waals surface area (Å²) >= 11 is 0. The highest BCUT2D eigenvalue weighted by atomic mass is 16.3. The topological polar surface area (TPSA) is 68.6 Å². The van der Waals surface area contributed by atoms with Crippen LogP contribution < -0.4 is 5.32 Å². The molecule has 2 heterocycles. The fourth-order valence-corrected chi connectivity index (χ4v) is 2.93. The van der Waals surface area contributed by atoms with E-state index in [1.54, 1.807) is 13.1 Å². The van der Waals surface area contributed by atoms with E-state index in [4.69, 9.17) is 0 Å². The summed E-state index contributed by atoms with van der Waals surface area (Å²) in [6, 6.07) is 0.158. The first-order valence-corrected chi connectivity index (χ1v) is 7.42. The van der Waals surface area contributed by atoms with Crippen LogP contribution in [0.15, 0.2) is 6.20 Å². The molecule has 0 aromatic carbocycles. The number of nitrogens with zero attached hydrogens (tertiary/aromatic N) is 2. The summed E-state index contributed by atoms with van der Waals surface area (Å²) in [6.45, 7) is 7.76. The molecule has 1 aromatic heterocycles. The van der Waals surface area contributed by atoms with Crippen LogP contribution in [0.3, 0.4) is 0 Å². The molecule has 0 spiro atoms. The lowest BCUT2D eigenvalue weighted by Gasteiger charge is -2.36. The van der Waals surface area contributed by atoms with Gasteiger partial charge in [0.05, 0.1) is 12.3 Å². The van der Waals surface area contributed by atoms with Gasteiger partial charge in [0.25, 0.3) is 0 Å². The summed E-state index contributed by atoms with van der Waals surface area (Å²) in [5, 5.41) is 23.3. The third kappa shape index (κ3) is 3.11. The number of rotatable bonds is 5. The van der Waals surface area contributed by atoms with Crippen molar-refractivity contribution in [1.82, 2.24) is 15.2 Å². The number of nitrogens with one attached hydrogen (secondary N) is 1. The molecule has 112 valence electrons. The second-order valence-electron chi connectivity index (χ2n) is 5.38. The van der Waals surface area contributed by atoms with Crippen molar-refractivity contribution in [3.63, 3.8) is 0 Å². The van der Waals surface area contributed by atoms with E-state index in [-0.39, 0.29) is 18.4 Å². The van der Waals surface area contributed by atoms with Gasteiger partial charge in [0.1, 0.15) is 5.75 Å². The van der Waals surface area contributed by atoms with Gasteiger partial charge in [-0.05, 0) is 13.3 Å². The zero-order valence-corrected chi connectivity index (χ0v) is 12.4. The minimum absolute atomic E-state index is 0.0809. The summed E-state index contributed by atoms with van der Waals surface area (Å²) in [4.78, 5) is 6.55. The Hall–Kier alpha value is -1.17. The molecular weight excluding hydrogens is 254 g/mol. The van der Waals surface area contributed by atoms with E-state index in [1.807, 2.05) is 0 Å². The normalized spacial score (nSPS) is 18.1. The number of piperazine rings is 1. The maximum atomic E-state index is 10.4. The summed E-state index contributed by atoms with van der Waals surface area (Å²) in [5.41, 5.74) is 2.24. The van der Waals surface area contributed by atoms with E-state index in [1.165, 1.54) is 0 Å². The van der Waals surface area contributed by atoms with Crippen LogP contribution in [0.5, 0.6) is 5.75 Å². The average molecular weight is 279 g/mol. The van der Waals surface area contributed by atoms with Crippen LogP contribution in [0, 0.1) is 6.92 Å². The second kappa shape index (κ2) is 7.02. The molecule has 0 amide bonds. The van der Waals surface area contributed by atoms with E-state index in [0.717, 1.165) is 50.1 Å². The Labute approximate surface area is 120 Å². The molecule has 20 heavy (non-hydrogen) atoms. The molecule has 1 atom stereocenters. The van der Waals surface area contributed by atoms with E-state index >= 15 is 0 Å². The zero-order chi connectivity index (χ0) is 14.5. The molecular formula is C15H25N3O2. The van der Waals surface area contributed by atoms with E-state index in [2.05, 4.69) is 22.1 Å². The Morgan fingerprint density at radius 2 is 2.10 bits per heavy atom. The van der Waals surface area contributed by atoms with Crippen molar-refractivity contribution in [2.24, 2.45) is 0 Å². The van der Waals surface area contributed by atoms with Crippen LogP contribution in [0.25, 0.3) is 0 Å². The quantitative estimate of drug-likeness (QED) is 0.759. The maximum Gasteiger partial charge on any atom is 0.141 e. The Kier molecular flexibility index (Phi) is 5.34. The van der Waals surface area contributed by atoms with Gasteiger partial charge in [-0.2, -0.15) is 0 Å². The standard InChI is InChI=1S/C15H25N3O2/c1-3-4-13(18-7-5-16-6-8-18)14-12(10-19)9-17-11(2)15(14)20/h9,13,16,19-20H,3-8,10H2,1-2H3/t13-/m0/s1. The number of aromatic nitrogens is 1. The van der Waals surface area contributed by atoms with Crippen LogP contribution in [-0.4, -0.2) is 46.3 Å². The highest BCUT2D eigenvalue weighted by Gasteiger charge is 2.27. The molecule has 0 unspecified atom stereocenters. The molecule has 1 saturated heterocycles. The van der Waals surface area contributed by atoms with Gasteiger partial charge in [-0.25, -0.2) is 0 Å². The van der Waals surface area contributed by atoms with Gasteiger partial charge < -0.3 is 15.5 Å². The first kappa shape index (κ1) is 15.2. The molecule has 2 rings (SSSR count). The second-order valence-corrected chi connectivity index (χ2v) is 5.38. The number of pyridine rings is 1. The number of aromatic hydroxyl groups is 1. The smallest absolute Gasteiger partial charge is 0.141 e. The highest BCUT2D eigenvalue weighted by molar-refractivity contribution is 5.43. The summed E-state index contributed by atoms with van der Waals surface area (Å²) in [6.07, 6.45) is 3.71. The molecule has 3 N–H and O–H groups in total. The molecule has 0 saturated carbocycles. The Morgan fingerprint density at radius 3 is 2.70 bits per heavy atom. The molecule has 1 fully saturated rings. The van der Waals surface area contributed by atoms with Crippen LogP contribution >= 0.6 is 0 Å². The lowest BCUT2D eigenvalue weighted by atomic mass is 9.95. The van der Waals surface area contributed by atoms with Crippen molar-refractivity contribution < 1.29 is 10.2 Å². The maximum absolute atomic E-state index is 10.4. The van der Waals surface area contributed by atoms with Crippen LogP contribution in [-0.2, 0) is 6.61 Å². The number of aliphatic hydroxyl groups is 1. The first-order valence-electron chi connectivity index (χ1n) is 7.42. The van der Waals surface area contributed by atoms with Crippen molar-refractivity contribution in [2.75, 3.05) is 26.2 Å². The average Bonchev–Trinajstić information content (AvgIpc) is 2.49. The minimum Gasteiger partial charge on any atom is -0.506 e. The molecule has 5 heteroatoms. The summed E-state index contributed by atoms with van der Waals surface area (Å²) in [5.74, 6) is 0.244. The largest absolute Gasteiger partial charge is 0.506 e. The van der Waals surface area contributed by atoms with Crippen LogP contribution in [0.4, 0.5) is 0 Å². The molecule has 1 aromatic rings. The Morgan fingerprint density at radius 1 is 1.40 bits per heavy atom. The number of hydrogen-bond donors (Lipinski definition) is 3. The lowest BCUT2D eigenvalue weighted by molar-refractivity contribution is 0.159. The number of aryl methyl sites for hydroxylation is 1. The van der Waals surface area contributed by atoms with E-state index < -0.39 is 0 Å². The zero-order valence-electron chi connectivity index (χ0n) is 12.4. The third-order valence-electron chi connectivity index (χ3n) is 4.02. The monoisotopic (exact) mass is 279 g/mol. The third-order valence-corrected chi connectivity index (χ3v) is 4.02. The highest BCUT2D eigenvalue weighted by Crippen LogP contribution is 2.36. The summed E-state index contributed by atoms with van der Waals surface area (Å²) in [7, 11) is 0. The molecule has 0 bridgehead atoms. The lowest BCUT2D eigenvalue weighted by Crippen LogP contribution is -2.45. The molecule has 5 nitrogen and oxygen atoms in total. The predicted octanol–water partition coefficient (Wildman–Crippen LogP) is 1.33. The van der Waals surface area contributed by atoms with Gasteiger partial charge >= 0.3 is 0 Å². The van der Waals surface area contributed by atoms with Gasteiger partial charge in [0, 0.05) is 49.5 Å². The first-order chi connectivity index (χ1) is 9.69. The van der Waals surface area contributed by atoms with Crippen molar-refractivity contribution in [3.05, 3.63) is 23.0 Å². The van der Waals surface area contributed by atoms with E-state index in [9.17, 15) is 10.2 Å². The van der Waals surface area contributed by atoms with Crippen molar-refractivity contribution in [1.29, 1.82) is 0 Å². The van der Waals surface area contributed by atoms with Crippen LogP contribution in [0.2, 0.25) is 0 Å². The molecule has 0 aliphatic carbocycles. The Balaban J connectivity index is 2.39. The molecule has 0 radical (unpaired) electrons. The van der Waals surface area contributed by atoms with E-state index in [0.29, 0.717) is 5.69 Å². The predicted molar refractivity (Wildman–Crippen MR) is 78.7 cm³/mol. The van der Waals surface area contributed by atoms with Crippen molar-refractivity contribution >= 4 is 0 Å². The van der Waals surface area contributed by atoms with Crippen molar-refractivity contribution in [3.8, 4) is 5.75 Å². The minimum atomic E-state index is -0.0809. The molecule has 1 aliphatic rings. The van der Waals surface area contributed by atoms with Crippen LogP contribution in [0.1, 0.15) is 42.6 Å². The summed E-state index contributed by atoms with van der Waals surface area (Å²) < 4.78 is 0. The van der Waals surface area contributed by atoms with Gasteiger partial charge in [-0.1, -0.05) is 13.3 Å². The van der Waals surface area contributed by atoms with Gasteiger partial charge in [-0.15, -0.1) is 0 Å². The van der Waals surface area contributed by atoms with Gasteiger partial charge in [-0.3, -0.25) is 9.88 Å².